The summed E-state index contributed by atoms with van der Waals surface area (Å²) in [5, 5.41) is 16.1. The first-order chi connectivity index (χ1) is 12.7. The summed E-state index contributed by atoms with van der Waals surface area (Å²) in [6, 6.07) is 18.2. The number of hydrogen-bond acceptors (Lipinski definition) is 5. The Morgan fingerprint density at radius 2 is 1.81 bits per heavy atom. The van der Waals surface area contributed by atoms with Gasteiger partial charge in [-0.25, -0.2) is 0 Å². The molecule has 1 N–H and O–H groups in total. The van der Waals surface area contributed by atoms with Gasteiger partial charge < -0.3 is 14.5 Å². The van der Waals surface area contributed by atoms with E-state index < -0.39 is 4.92 Å². The van der Waals surface area contributed by atoms with Gasteiger partial charge in [0, 0.05) is 35.5 Å². The lowest BCUT2D eigenvalue weighted by atomic mass is 10.1. The van der Waals surface area contributed by atoms with Crippen LogP contribution in [0, 0.1) is 10.1 Å². The number of nitro groups is 1. The summed E-state index contributed by atoms with van der Waals surface area (Å²) in [4.78, 5) is 10.3. The Hall–Kier alpha value is -3.54. The standard InChI is InChI=1S/C20H16N2O4/c1-25-20-10-16-15-4-2-3-5-18(15)26-19(16)11-17(20)21-12-13-6-8-14(9-7-13)22(23)24/h2-11,21H,12H2,1H3. The molecule has 0 unspecified atom stereocenters. The third kappa shape index (κ3) is 2.82. The van der Waals surface area contributed by atoms with Crippen LogP contribution < -0.4 is 10.1 Å². The molecule has 1 aromatic heterocycles. The van der Waals surface area contributed by atoms with Crippen LogP contribution in [0.4, 0.5) is 11.4 Å². The van der Waals surface area contributed by atoms with E-state index in [1.54, 1.807) is 19.2 Å². The number of non-ortho nitro benzene ring substituents is 1. The van der Waals surface area contributed by atoms with Crippen molar-refractivity contribution in [1.82, 2.24) is 0 Å². The first-order valence-corrected chi connectivity index (χ1v) is 8.12. The third-order valence-electron chi connectivity index (χ3n) is 4.33. The van der Waals surface area contributed by atoms with Gasteiger partial charge in [-0.1, -0.05) is 30.3 Å². The molecule has 0 saturated heterocycles. The van der Waals surface area contributed by atoms with E-state index in [2.05, 4.69) is 5.32 Å². The van der Waals surface area contributed by atoms with Gasteiger partial charge in [-0.2, -0.15) is 0 Å². The van der Waals surface area contributed by atoms with Crippen LogP contribution in [0.5, 0.6) is 5.75 Å². The Morgan fingerprint density at radius 1 is 1.04 bits per heavy atom. The molecule has 0 radical (unpaired) electrons. The largest absolute Gasteiger partial charge is 0.495 e. The van der Waals surface area contributed by atoms with Crippen LogP contribution in [0.15, 0.2) is 65.1 Å². The fraction of sp³-hybridized carbons (Fsp3) is 0.100. The van der Waals surface area contributed by atoms with E-state index >= 15 is 0 Å². The van der Waals surface area contributed by atoms with Crippen molar-refractivity contribution in [2.45, 2.75) is 6.54 Å². The molecule has 0 amide bonds. The minimum atomic E-state index is -0.407. The van der Waals surface area contributed by atoms with Crippen LogP contribution in [0.1, 0.15) is 5.56 Å². The zero-order chi connectivity index (χ0) is 18.1. The Labute approximate surface area is 149 Å². The van der Waals surface area contributed by atoms with Gasteiger partial charge in [-0.05, 0) is 17.7 Å². The van der Waals surface area contributed by atoms with E-state index in [1.807, 2.05) is 36.4 Å². The Bertz CT molecular complexity index is 1100. The van der Waals surface area contributed by atoms with E-state index in [9.17, 15) is 10.1 Å². The van der Waals surface area contributed by atoms with E-state index in [0.717, 1.165) is 33.2 Å². The highest BCUT2D eigenvalue weighted by Crippen LogP contribution is 2.36. The summed E-state index contributed by atoms with van der Waals surface area (Å²) in [6.45, 7) is 0.514. The van der Waals surface area contributed by atoms with Crippen LogP contribution >= 0.6 is 0 Å². The smallest absolute Gasteiger partial charge is 0.269 e. The van der Waals surface area contributed by atoms with Crippen molar-refractivity contribution in [2.75, 3.05) is 12.4 Å². The molecule has 3 aromatic carbocycles. The second-order valence-electron chi connectivity index (χ2n) is 5.92. The maximum Gasteiger partial charge on any atom is 0.269 e. The average molecular weight is 348 g/mol. The molecule has 6 nitrogen and oxygen atoms in total. The van der Waals surface area contributed by atoms with Crippen molar-refractivity contribution in [1.29, 1.82) is 0 Å². The van der Waals surface area contributed by atoms with Gasteiger partial charge in [0.2, 0.25) is 0 Å². The van der Waals surface area contributed by atoms with Crippen molar-refractivity contribution >= 4 is 33.3 Å². The number of methoxy groups -OCH3 is 1. The van der Waals surface area contributed by atoms with E-state index in [0.29, 0.717) is 12.3 Å². The van der Waals surface area contributed by atoms with Crippen LogP contribution in [-0.4, -0.2) is 12.0 Å². The molecule has 4 rings (SSSR count). The second-order valence-corrected chi connectivity index (χ2v) is 5.92. The quantitative estimate of drug-likeness (QED) is 0.400. The van der Waals surface area contributed by atoms with E-state index in [4.69, 9.17) is 9.15 Å². The number of rotatable bonds is 5. The molecular weight excluding hydrogens is 332 g/mol. The maximum atomic E-state index is 10.7. The summed E-state index contributed by atoms with van der Waals surface area (Å²) in [7, 11) is 1.63. The second kappa shape index (κ2) is 6.40. The predicted molar refractivity (Wildman–Crippen MR) is 101 cm³/mol. The normalized spacial score (nSPS) is 11.0. The molecule has 0 aliphatic carbocycles. The van der Waals surface area contributed by atoms with Gasteiger partial charge in [-0.15, -0.1) is 0 Å². The SMILES string of the molecule is COc1cc2c(cc1NCc1ccc([N+](=O)[O-])cc1)oc1ccccc12. The van der Waals surface area contributed by atoms with Gasteiger partial charge in [-0.3, -0.25) is 10.1 Å². The van der Waals surface area contributed by atoms with Gasteiger partial charge in [0.15, 0.2) is 0 Å². The fourth-order valence-electron chi connectivity index (χ4n) is 2.99. The van der Waals surface area contributed by atoms with Gasteiger partial charge in [0.1, 0.15) is 16.9 Å². The number of para-hydroxylation sites is 1. The zero-order valence-electron chi connectivity index (χ0n) is 14.1. The number of fused-ring (bicyclic) bond motifs is 3. The highest BCUT2D eigenvalue weighted by atomic mass is 16.6. The molecule has 6 heteroatoms. The van der Waals surface area contributed by atoms with Gasteiger partial charge in [0.05, 0.1) is 17.7 Å². The van der Waals surface area contributed by atoms with Crippen molar-refractivity contribution in [3.05, 3.63) is 76.3 Å². The van der Waals surface area contributed by atoms with Crippen molar-refractivity contribution in [2.24, 2.45) is 0 Å². The molecular formula is C20H16N2O4. The first kappa shape index (κ1) is 16.0. The lowest BCUT2D eigenvalue weighted by Crippen LogP contribution is -2.01. The Kier molecular flexibility index (Phi) is 3.93. The third-order valence-corrected chi connectivity index (χ3v) is 4.33. The predicted octanol–water partition coefficient (Wildman–Crippen LogP) is 5.11. The number of anilines is 1. The molecule has 26 heavy (non-hydrogen) atoms. The molecule has 0 aliphatic rings. The molecule has 0 bridgehead atoms. The van der Waals surface area contributed by atoms with Crippen LogP contribution in [0.25, 0.3) is 21.9 Å². The number of ether oxygens (including phenoxy) is 1. The lowest BCUT2D eigenvalue weighted by molar-refractivity contribution is -0.384. The highest BCUT2D eigenvalue weighted by Gasteiger charge is 2.12. The zero-order valence-corrected chi connectivity index (χ0v) is 14.1. The van der Waals surface area contributed by atoms with Gasteiger partial charge in [0.25, 0.3) is 5.69 Å². The molecule has 130 valence electrons. The van der Waals surface area contributed by atoms with Gasteiger partial charge >= 0.3 is 0 Å². The van der Waals surface area contributed by atoms with E-state index in [1.165, 1.54) is 12.1 Å². The Balaban J connectivity index is 1.64. The monoisotopic (exact) mass is 348 g/mol. The highest BCUT2D eigenvalue weighted by molar-refractivity contribution is 6.06. The number of furan rings is 1. The summed E-state index contributed by atoms with van der Waals surface area (Å²) in [5.41, 5.74) is 3.42. The molecule has 1 heterocycles. The molecule has 0 atom stereocenters. The summed E-state index contributed by atoms with van der Waals surface area (Å²) >= 11 is 0. The van der Waals surface area contributed by atoms with Crippen LogP contribution in [0.3, 0.4) is 0 Å². The number of hydrogen-bond donors (Lipinski definition) is 1. The molecule has 0 aliphatic heterocycles. The molecule has 0 fully saturated rings. The fourth-order valence-corrected chi connectivity index (χ4v) is 2.99. The molecule has 0 saturated carbocycles. The minimum Gasteiger partial charge on any atom is -0.495 e. The lowest BCUT2D eigenvalue weighted by Gasteiger charge is -2.11. The van der Waals surface area contributed by atoms with E-state index in [-0.39, 0.29) is 5.69 Å². The molecule has 0 spiro atoms. The number of nitro benzene ring substituents is 1. The summed E-state index contributed by atoms with van der Waals surface area (Å²) in [5.74, 6) is 0.714. The summed E-state index contributed by atoms with van der Waals surface area (Å²) in [6.07, 6.45) is 0. The number of nitrogens with zero attached hydrogens (tertiary/aromatic N) is 1. The summed E-state index contributed by atoms with van der Waals surface area (Å²) < 4.78 is 11.4. The van der Waals surface area contributed by atoms with Crippen LogP contribution in [0.2, 0.25) is 0 Å². The number of nitrogens with one attached hydrogen (secondary N) is 1. The first-order valence-electron chi connectivity index (χ1n) is 8.12. The minimum absolute atomic E-state index is 0.0787. The van der Waals surface area contributed by atoms with Crippen molar-refractivity contribution in [3.63, 3.8) is 0 Å². The number of benzene rings is 3. The topological polar surface area (TPSA) is 77.5 Å². The molecule has 4 aromatic rings. The Morgan fingerprint density at radius 3 is 2.54 bits per heavy atom. The van der Waals surface area contributed by atoms with Crippen molar-refractivity contribution < 1.29 is 14.1 Å². The van der Waals surface area contributed by atoms with Crippen LogP contribution in [-0.2, 0) is 6.54 Å². The average Bonchev–Trinajstić information content (AvgIpc) is 3.03. The maximum absolute atomic E-state index is 10.7. The van der Waals surface area contributed by atoms with Crippen molar-refractivity contribution in [3.8, 4) is 5.75 Å².